The number of hydrogen-bond donors (Lipinski definition) is 0. The van der Waals surface area contributed by atoms with Gasteiger partial charge in [-0.05, 0) is 19.2 Å². The van der Waals surface area contributed by atoms with Crippen LogP contribution < -0.4 is 4.74 Å². The fraction of sp³-hybridized carbons (Fsp3) is 0.462. The maximum atomic E-state index is 10.8. The van der Waals surface area contributed by atoms with Gasteiger partial charge in [0.15, 0.2) is 6.29 Å². The molecule has 0 N–H and O–H groups in total. The van der Waals surface area contributed by atoms with Crippen molar-refractivity contribution in [2.75, 3.05) is 33.4 Å². The third-order valence-electron chi connectivity index (χ3n) is 2.81. The summed E-state index contributed by atoms with van der Waals surface area (Å²) < 4.78 is 11.2. The Labute approximate surface area is 101 Å². The molecule has 1 saturated heterocycles. The highest BCUT2D eigenvalue weighted by Gasteiger charge is 2.18. The molecule has 0 saturated carbocycles. The largest absolute Gasteiger partial charge is 0.490 e. The Morgan fingerprint density at radius 1 is 1.53 bits per heavy atom. The van der Waals surface area contributed by atoms with Gasteiger partial charge >= 0.3 is 0 Å². The number of benzene rings is 1. The van der Waals surface area contributed by atoms with E-state index in [-0.39, 0.29) is 6.10 Å². The third kappa shape index (κ3) is 3.28. The van der Waals surface area contributed by atoms with E-state index >= 15 is 0 Å². The lowest BCUT2D eigenvalue weighted by atomic mass is 10.2. The highest BCUT2D eigenvalue weighted by molar-refractivity contribution is 5.79. The highest BCUT2D eigenvalue weighted by Crippen LogP contribution is 2.16. The molecule has 0 aromatic heterocycles. The second-order valence-corrected chi connectivity index (χ2v) is 4.22. The van der Waals surface area contributed by atoms with Crippen LogP contribution in [0.2, 0.25) is 0 Å². The van der Waals surface area contributed by atoms with Crippen molar-refractivity contribution in [1.82, 2.24) is 4.90 Å². The summed E-state index contributed by atoms with van der Waals surface area (Å²) in [5, 5.41) is 0. The van der Waals surface area contributed by atoms with Gasteiger partial charge in [-0.1, -0.05) is 12.1 Å². The molecule has 0 aliphatic carbocycles. The van der Waals surface area contributed by atoms with Gasteiger partial charge in [-0.15, -0.1) is 0 Å². The van der Waals surface area contributed by atoms with Crippen LogP contribution in [0.1, 0.15) is 10.4 Å². The molecule has 0 amide bonds. The quantitative estimate of drug-likeness (QED) is 0.735. The predicted molar refractivity (Wildman–Crippen MR) is 64.6 cm³/mol. The van der Waals surface area contributed by atoms with Crippen LogP contribution in [0.15, 0.2) is 24.3 Å². The predicted octanol–water partition coefficient (Wildman–Crippen LogP) is 1.21. The summed E-state index contributed by atoms with van der Waals surface area (Å²) in [6, 6.07) is 7.23. The Hall–Kier alpha value is -1.39. The van der Waals surface area contributed by atoms with Crippen molar-refractivity contribution < 1.29 is 14.3 Å². The van der Waals surface area contributed by atoms with E-state index in [9.17, 15) is 4.79 Å². The maximum Gasteiger partial charge on any atom is 0.153 e. The molecule has 2 rings (SSSR count). The van der Waals surface area contributed by atoms with Crippen LogP contribution in [0.3, 0.4) is 0 Å². The van der Waals surface area contributed by atoms with Gasteiger partial charge in [-0.2, -0.15) is 0 Å². The Kier molecular flexibility index (Phi) is 4.12. The van der Waals surface area contributed by atoms with Gasteiger partial charge in [0.1, 0.15) is 18.5 Å². The van der Waals surface area contributed by atoms with E-state index in [4.69, 9.17) is 9.47 Å². The minimum Gasteiger partial charge on any atom is -0.490 e. The summed E-state index contributed by atoms with van der Waals surface area (Å²) in [5.74, 6) is 0.624. The SMILES string of the molecule is CN1CCOC(COc2ccccc2C=O)C1. The van der Waals surface area contributed by atoms with Gasteiger partial charge in [0.05, 0.1) is 12.2 Å². The highest BCUT2D eigenvalue weighted by atomic mass is 16.5. The van der Waals surface area contributed by atoms with E-state index < -0.39 is 0 Å². The van der Waals surface area contributed by atoms with Crippen LogP contribution in [0.25, 0.3) is 0 Å². The summed E-state index contributed by atoms with van der Waals surface area (Å²) >= 11 is 0. The molecular weight excluding hydrogens is 218 g/mol. The Bertz CT molecular complexity index is 381. The summed E-state index contributed by atoms with van der Waals surface area (Å²) in [4.78, 5) is 13.0. The first-order chi connectivity index (χ1) is 8.29. The minimum atomic E-state index is 0.0773. The van der Waals surface area contributed by atoms with Crippen LogP contribution in [0, 0.1) is 0 Å². The van der Waals surface area contributed by atoms with Crippen LogP contribution in [-0.4, -0.2) is 50.6 Å². The number of hydrogen-bond acceptors (Lipinski definition) is 4. The molecule has 1 aromatic rings. The van der Waals surface area contributed by atoms with E-state index in [1.807, 2.05) is 12.1 Å². The summed E-state index contributed by atoms with van der Waals surface area (Å²) in [7, 11) is 2.06. The molecule has 4 heteroatoms. The number of ether oxygens (including phenoxy) is 2. The molecule has 1 aromatic carbocycles. The fourth-order valence-corrected chi connectivity index (χ4v) is 1.86. The van der Waals surface area contributed by atoms with Crippen molar-refractivity contribution in [3.05, 3.63) is 29.8 Å². The molecule has 0 spiro atoms. The van der Waals surface area contributed by atoms with Crippen molar-refractivity contribution in [2.45, 2.75) is 6.10 Å². The van der Waals surface area contributed by atoms with Crippen LogP contribution >= 0.6 is 0 Å². The Morgan fingerprint density at radius 3 is 3.12 bits per heavy atom. The number of carbonyl (C=O) groups is 1. The molecule has 1 atom stereocenters. The molecule has 0 radical (unpaired) electrons. The second kappa shape index (κ2) is 5.80. The van der Waals surface area contributed by atoms with Gasteiger partial charge in [-0.3, -0.25) is 4.79 Å². The van der Waals surface area contributed by atoms with E-state index in [2.05, 4.69) is 11.9 Å². The number of carbonyl (C=O) groups excluding carboxylic acids is 1. The first-order valence-electron chi connectivity index (χ1n) is 5.77. The molecule has 92 valence electrons. The minimum absolute atomic E-state index is 0.0773. The number of likely N-dealkylation sites (N-methyl/N-ethyl adjacent to an activating group) is 1. The molecular formula is C13H17NO3. The lowest BCUT2D eigenvalue weighted by Crippen LogP contribution is -2.42. The zero-order chi connectivity index (χ0) is 12.1. The van der Waals surface area contributed by atoms with Crippen molar-refractivity contribution in [3.63, 3.8) is 0 Å². The lowest BCUT2D eigenvalue weighted by molar-refractivity contribution is -0.0404. The number of para-hydroxylation sites is 1. The molecule has 4 nitrogen and oxygen atoms in total. The molecule has 1 aliphatic heterocycles. The first kappa shape index (κ1) is 12.1. The smallest absolute Gasteiger partial charge is 0.153 e. The maximum absolute atomic E-state index is 10.8. The molecule has 0 bridgehead atoms. The van der Waals surface area contributed by atoms with E-state index in [0.717, 1.165) is 26.0 Å². The van der Waals surface area contributed by atoms with Gasteiger partial charge < -0.3 is 14.4 Å². The van der Waals surface area contributed by atoms with E-state index in [0.29, 0.717) is 17.9 Å². The van der Waals surface area contributed by atoms with Gasteiger partial charge in [-0.25, -0.2) is 0 Å². The number of morpholine rings is 1. The molecule has 1 aliphatic rings. The second-order valence-electron chi connectivity index (χ2n) is 4.22. The number of rotatable bonds is 4. The number of nitrogens with zero attached hydrogens (tertiary/aromatic N) is 1. The fourth-order valence-electron chi connectivity index (χ4n) is 1.86. The summed E-state index contributed by atoms with van der Waals surface area (Å²) in [5.41, 5.74) is 0.580. The Morgan fingerprint density at radius 2 is 2.35 bits per heavy atom. The van der Waals surface area contributed by atoms with Gasteiger partial charge in [0, 0.05) is 13.1 Å². The average molecular weight is 235 g/mol. The number of aldehydes is 1. The van der Waals surface area contributed by atoms with Crippen molar-refractivity contribution >= 4 is 6.29 Å². The third-order valence-corrected chi connectivity index (χ3v) is 2.81. The topological polar surface area (TPSA) is 38.8 Å². The van der Waals surface area contributed by atoms with E-state index in [1.54, 1.807) is 12.1 Å². The summed E-state index contributed by atoms with van der Waals surface area (Å²) in [6.45, 7) is 3.04. The molecule has 1 heterocycles. The first-order valence-corrected chi connectivity index (χ1v) is 5.77. The van der Waals surface area contributed by atoms with Crippen LogP contribution in [-0.2, 0) is 4.74 Å². The van der Waals surface area contributed by atoms with E-state index in [1.165, 1.54) is 0 Å². The van der Waals surface area contributed by atoms with Crippen LogP contribution in [0.4, 0.5) is 0 Å². The molecule has 1 unspecified atom stereocenters. The summed E-state index contributed by atoms with van der Waals surface area (Å²) in [6.07, 6.45) is 0.886. The Balaban J connectivity index is 1.90. The van der Waals surface area contributed by atoms with Gasteiger partial charge in [0.2, 0.25) is 0 Å². The van der Waals surface area contributed by atoms with Crippen LogP contribution in [0.5, 0.6) is 5.75 Å². The molecule has 1 fully saturated rings. The average Bonchev–Trinajstić information content (AvgIpc) is 2.37. The standard InChI is InChI=1S/C13H17NO3/c1-14-6-7-16-12(8-14)10-17-13-5-3-2-4-11(13)9-15/h2-5,9,12H,6-8,10H2,1H3. The van der Waals surface area contributed by atoms with Crippen molar-refractivity contribution in [1.29, 1.82) is 0 Å². The monoisotopic (exact) mass is 235 g/mol. The van der Waals surface area contributed by atoms with Crippen molar-refractivity contribution in [3.8, 4) is 5.75 Å². The van der Waals surface area contributed by atoms with Crippen molar-refractivity contribution in [2.24, 2.45) is 0 Å². The zero-order valence-corrected chi connectivity index (χ0v) is 9.96. The lowest BCUT2D eigenvalue weighted by Gasteiger charge is -2.29. The molecule has 17 heavy (non-hydrogen) atoms. The normalized spacial score (nSPS) is 21.1. The van der Waals surface area contributed by atoms with Gasteiger partial charge in [0.25, 0.3) is 0 Å². The zero-order valence-electron chi connectivity index (χ0n) is 9.96.